The highest BCUT2D eigenvalue weighted by molar-refractivity contribution is 7.18. The van der Waals surface area contributed by atoms with E-state index < -0.39 is 17.3 Å². The molecule has 0 aliphatic carbocycles. The first-order valence-electron chi connectivity index (χ1n) is 10.6. The number of hydrogen-bond acceptors (Lipinski definition) is 6. The van der Waals surface area contributed by atoms with Crippen molar-refractivity contribution in [2.75, 3.05) is 13.1 Å². The first-order valence-corrected chi connectivity index (χ1v) is 11.7. The Hall–Kier alpha value is -2.95. The number of fused-ring (bicyclic) bond motifs is 1. The van der Waals surface area contributed by atoms with Crippen LogP contribution in [0.4, 0.5) is 0 Å². The van der Waals surface area contributed by atoms with Gasteiger partial charge in [0.1, 0.15) is 11.8 Å². The van der Waals surface area contributed by atoms with Gasteiger partial charge in [-0.15, -0.1) is 11.3 Å². The minimum absolute atomic E-state index is 0.0442. The summed E-state index contributed by atoms with van der Waals surface area (Å²) >= 11 is 7.72. The molecule has 1 aliphatic heterocycles. The molecule has 1 fully saturated rings. The Labute approximate surface area is 195 Å². The normalized spacial score (nSPS) is 15.7. The lowest BCUT2D eigenvalue weighted by Gasteiger charge is -2.34. The second-order valence-electron chi connectivity index (χ2n) is 7.68. The van der Waals surface area contributed by atoms with Crippen LogP contribution in [0.1, 0.15) is 30.7 Å². The number of ether oxygens (including phenoxy) is 1. The average molecular weight is 468 g/mol. The van der Waals surface area contributed by atoms with Crippen LogP contribution in [0.15, 0.2) is 48.5 Å². The fourth-order valence-electron chi connectivity index (χ4n) is 3.79. The van der Waals surface area contributed by atoms with Crippen LogP contribution in [0, 0.1) is 11.3 Å². The molecule has 2 aromatic carbocycles. The van der Waals surface area contributed by atoms with E-state index in [9.17, 15) is 14.9 Å². The topological polar surface area (TPSA) is 83.3 Å². The summed E-state index contributed by atoms with van der Waals surface area (Å²) in [7, 11) is 0. The number of carbonyl (C=O) groups excluding carboxylic acids is 2. The number of nitriles is 1. The van der Waals surface area contributed by atoms with Crippen molar-refractivity contribution in [3.63, 3.8) is 0 Å². The van der Waals surface area contributed by atoms with E-state index >= 15 is 0 Å². The quantitative estimate of drug-likeness (QED) is 0.466. The van der Waals surface area contributed by atoms with E-state index in [4.69, 9.17) is 16.3 Å². The number of halogens is 1. The zero-order chi connectivity index (χ0) is 22.6. The highest BCUT2D eigenvalue weighted by atomic mass is 35.5. The Morgan fingerprint density at radius 1 is 1.12 bits per heavy atom. The van der Waals surface area contributed by atoms with E-state index in [1.807, 2.05) is 30.3 Å². The van der Waals surface area contributed by atoms with Crippen LogP contribution in [-0.4, -0.2) is 40.3 Å². The molecule has 1 atom stereocenters. The predicted octanol–water partition coefficient (Wildman–Crippen LogP) is 4.81. The number of aromatic nitrogens is 1. The Morgan fingerprint density at radius 3 is 2.56 bits per heavy atom. The number of ketones is 1. The molecular weight excluding hydrogens is 446 g/mol. The summed E-state index contributed by atoms with van der Waals surface area (Å²) in [5.41, 5.74) is -1.41. The van der Waals surface area contributed by atoms with E-state index in [-0.39, 0.29) is 17.2 Å². The lowest BCUT2D eigenvalue weighted by atomic mass is 9.93. The molecule has 0 bridgehead atoms. The predicted molar refractivity (Wildman–Crippen MR) is 124 cm³/mol. The largest absolute Gasteiger partial charge is 0.455 e. The summed E-state index contributed by atoms with van der Waals surface area (Å²) < 4.78 is 6.88. The van der Waals surface area contributed by atoms with E-state index in [0.29, 0.717) is 19.5 Å². The summed E-state index contributed by atoms with van der Waals surface area (Å²) in [5.74, 6) is -1.07. The van der Waals surface area contributed by atoms with Crippen LogP contribution in [-0.2, 0) is 16.0 Å². The van der Waals surface area contributed by atoms with Crippen molar-refractivity contribution in [1.82, 2.24) is 9.88 Å². The third-order valence-electron chi connectivity index (χ3n) is 5.50. The van der Waals surface area contributed by atoms with E-state index in [1.165, 1.54) is 11.3 Å². The van der Waals surface area contributed by atoms with Crippen molar-refractivity contribution in [2.45, 2.75) is 37.7 Å². The molecule has 8 heteroatoms. The average Bonchev–Trinajstić information content (AvgIpc) is 3.25. The number of carbonyl (C=O) groups is 2. The van der Waals surface area contributed by atoms with Crippen molar-refractivity contribution in [3.8, 4) is 11.8 Å². The highest BCUT2D eigenvalue weighted by Crippen LogP contribution is 2.31. The maximum Gasteiger partial charge on any atom is 0.330 e. The fraction of sp³-hybridized carbons (Fsp3) is 0.333. The van der Waals surface area contributed by atoms with Crippen LogP contribution < -0.4 is 4.74 Å². The lowest BCUT2D eigenvalue weighted by Crippen LogP contribution is -2.58. The molecule has 4 rings (SSSR count). The summed E-state index contributed by atoms with van der Waals surface area (Å²) in [6.07, 6.45) is 2.96. The van der Waals surface area contributed by atoms with Gasteiger partial charge < -0.3 is 9.64 Å². The second-order valence-corrected chi connectivity index (χ2v) is 9.20. The number of Topliss-reactive ketones (excluding diaryl/α,β-unsaturated/α-hetero) is 1. The minimum atomic E-state index is -2.28. The van der Waals surface area contributed by atoms with Crippen molar-refractivity contribution >= 4 is 44.8 Å². The zero-order valence-electron chi connectivity index (χ0n) is 17.4. The molecule has 164 valence electrons. The van der Waals surface area contributed by atoms with Crippen LogP contribution in [0.25, 0.3) is 10.2 Å². The molecule has 0 saturated carbocycles. The maximum absolute atomic E-state index is 13.5. The van der Waals surface area contributed by atoms with Crippen molar-refractivity contribution in [1.29, 1.82) is 5.26 Å². The molecule has 6 nitrogen and oxygen atoms in total. The number of hydrogen-bond donors (Lipinski definition) is 0. The number of benzene rings is 2. The molecule has 1 aromatic heterocycles. The third kappa shape index (κ3) is 4.47. The van der Waals surface area contributed by atoms with Crippen LogP contribution >= 0.6 is 22.9 Å². The third-order valence-corrected chi connectivity index (χ3v) is 6.91. The van der Waals surface area contributed by atoms with Gasteiger partial charge in [-0.3, -0.25) is 9.59 Å². The number of para-hydroxylation sites is 2. The van der Waals surface area contributed by atoms with Gasteiger partial charge in [-0.05, 0) is 43.5 Å². The fourth-order valence-corrected chi connectivity index (χ4v) is 4.93. The van der Waals surface area contributed by atoms with E-state index in [2.05, 4.69) is 4.98 Å². The van der Waals surface area contributed by atoms with Gasteiger partial charge in [-0.1, -0.05) is 35.9 Å². The first-order chi connectivity index (χ1) is 15.5. The molecule has 1 aliphatic rings. The molecule has 2 heterocycles. The van der Waals surface area contributed by atoms with Gasteiger partial charge in [-0.2, -0.15) is 5.26 Å². The van der Waals surface area contributed by atoms with Gasteiger partial charge in [-0.25, -0.2) is 4.98 Å². The molecule has 1 amide bonds. The Balaban J connectivity index is 1.61. The standard InChI is InChI=1S/C24H22ClN3O3S/c25-17-8-2-4-10-19(17)31-24(16-26,23(30)28-14-6-1-7-15-28)21(29)12-13-22-27-18-9-3-5-11-20(18)32-22/h2-5,8-11H,1,6-7,12-15H2. The Bertz CT molecular complexity index is 1150. The number of likely N-dealkylation sites (tertiary alicyclic amines) is 1. The van der Waals surface area contributed by atoms with Gasteiger partial charge >= 0.3 is 5.60 Å². The van der Waals surface area contributed by atoms with Gasteiger partial charge in [0.25, 0.3) is 5.91 Å². The van der Waals surface area contributed by atoms with Crippen molar-refractivity contribution < 1.29 is 14.3 Å². The van der Waals surface area contributed by atoms with Gasteiger partial charge in [0.15, 0.2) is 0 Å². The number of rotatable bonds is 7. The molecule has 3 aromatic rings. The molecule has 0 radical (unpaired) electrons. The number of amides is 1. The molecule has 0 spiro atoms. The molecule has 0 N–H and O–H groups in total. The van der Waals surface area contributed by atoms with Gasteiger partial charge in [0.05, 0.1) is 20.2 Å². The van der Waals surface area contributed by atoms with Crippen molar-refractivity contribution in [3.05, 3.63) is 58.6 Å². The Morgan fingerprint density at radius 2 is 1.84 bits per heavy atom. The van der Waals surface area contributed by atoms with Crippen LogP contribution in [0.5, 0.6) is 5.75 Å². The summed E-state index contributed by atoms with van der Waals surface area (Å²) in [4.78, 5) is 33.0. The highest BCUT2D eigenvalue weighted by Gasteiger charge is 2.51. The number of piperidine rings is 1. The van der Waals surface area contributed by atoms with Crippen LogP contribution in [0.2, 0.25) is 5.02 Å². The minimum Gasteiger partial charge on any atom is -0.455 e. The van der Waals surface area contributed by atoms with E-state index in [0.717, 1.165) is 34.5 Å². The van der Waals surface area contributed by atoms with E-state index in [1.54, 1.807) is 29.2 Å². The van der Waals surface area contributed by atoms with Crippen LogP contribution in [0.3, 0.4) is 0 Å². The first kappa shape index (κ1) is 22.3. The van der Waals surface area contributed by atoms with Crippen molar-refractivity contribution in [2.24, 2.45) is 0 Å². The van der Waals surface area contributed by atoms with Gasteiger partial charge in [0.2, 0.25) is 5.78 Å². The monoisotopic (exact) mass is 467 g/mol. The van der Waals surface area contributed by atoms with Gasteiger partial charge in [0, 0.05) is 25.9 Å². The number of nitrogens with zero attached hydrogens (tertiary/aromatic N) is 3. The summed E-state index contributed by atoms with van der Waals surface area (Å²) in [5, 5.41) is 11.1. The SMILES string of the molecule is N#CC(Oc1ccccc1Cl)(C(=O)CCc1nc2ccccc2s1)C(=O)N1CCCCC1. The lowest BCUT2D eigenvalue weighted by molar-refractivity contribution is -0.152. The smallest absolute Gasteiger partial charge is 0.330 e. The number of aryl methyl sites for hydroxylation is 1. The summed E-state index contributed by atoms with van der Waals surface area (Å²) in [6.45, 7) is 0.999. The summed E-state index contributed by atoms with van der Waals surface area (Å²) in [6, 6.07) is 16.2. The maximum atomic E-state index is 13.5. The number of thiazole rings is 1. The molecule has 1 saturated heterocycles. The second kappa shape index (κ2) is 9.68. The zero-order valence-corrected chi connectivity index (χ0v) is 19.0. The molecular formula is C24H22ClN3O3S. The molecule has 32 heavy (non-hydrogen) atoms. The Kier molecular flexibility index (Phi) is 6.73. The molecule has 1 unspecified atom stereocenters.